The monoisotopic (exact) mass is 173 g/mol. The van der Waals surface area contributed by atoms with Crippen molar-refractivity contribution in [2.75, 3.05) is 0 Å². The highest BCUT2D eigenvalue weighted by molar-refractivity contribution is 5.32. The van der Waals surface area contributed by atoms with E-state index in [4.69, 9.17) is 0 Å². The molecular formula is C9H13F2N. The molecule has 1 nitrogen and oxygen atoms in total. The third-order valence-electron chi connectivity index (χ3n) is 1.41. The van der Waals surface area contributed by atoms with E-state index < -0.39 is 11.7 Å². The van der Waals surface area contributed by atoms with E-state index in [-0.39, 0.29) is 11.5 Å². The van der Waals surface area contributed by atoms with Gasteiger partial charge in [-0.15, -0.1) is 0 Å². The van der Waals surface area contributed by atoms with Crippen molar-refractivity contribution in [3.63, 3.8) is 0 Å². The van der Waals surface area contributed by atoms with Crippen LogP contribution in [0.3, 0.4) is 0 Å². The Bertz CT molecular complexity index is 223. The van der Waals surface area contributed by atoms with Gasteiger partial charge in [0.25, 0.3) is 0 Å². The van der Waals surface area contributed by atoms with Gasteiger partial charge in [-0.3, -0.25) is 4.99 Å². The largest absolute Gasteiger partial charge is 0.269 e. The van der Waals surface area contributed by atoms with Crippen molar-refractivity contribution in [3.8, 4) is 0 Å². The van der Waals surface area contributed by atoms with E-state index in [9.17, 15) is 8.78 Å². The van der Waals surface area contributed by atoms with E-state index >= 15 is 0 Å². The van der Waals surface area contributed by atoms with Crippen molar-refractivity contribution < 1.29 is 8.78 Å². The zero-order valence-electron chi connectivity index (χ0n) is 7.56. The van der Waals surface area contributed by atoms with Crippen LogP contribution in [0.2, 0.25) is 0 Å². The van der Waals surface area contributed by atoms with Crippen LogP contribution >= 0.6 is 0 Å². The lowest BCUT2D eigenvalue weighted by atomic mass is 10.0. The van der Waals surface area contributed by atoms with Gasteiger partial charge in [0.1, 0.15) is 11.7 Å². The van der Waals surface area contributed by atoms with E-state index in [1.54, 1.807) is 13.8 Å². The van der Waals surface area contributed by atoms with Gasteiger partial charge in [-0.05, 0) is 19.6 Å². The molecule has 0 radical (unpaired) electrons. The van der Waals surface area contributed by atoms with Crippen LogP contribution in [0.1, 0.15) is 20.8 Å². The molecule has 0 saturated heterocycles. The number of rotatable bonds is 3. The van der Waals surface area contributed by atoms with Gasteiger partial charge in [0.05, 0.1) is 6.20 Å². The number of halogens is 2. The van der Waals surface area contributed by atoms with E-state index in [0.717, 1.165) is 6.20 Å². The Morgan fingerprint density at radius 1 is 1.42 bits per heavy atom. The van der Waals surface area contributed by atoms with Crippen molar-refractivity contribution in [3.05, 3.63) is 23.4 Å². The molecule has 3 heteroatoms. The SMILES string of the molecule is C=N/C=C(F)\C(=C(/C)F)C(C)C. The maximum absolute atomic E-state index is 13.0. The molecular weight excluding hydrogens is 160 g/mol. The molecule has 0 unspecified atom stereocenters. The zero-order valence-corrected chi connectivity index (χ0v) is 7.56. The summed E-state index contributed by atoms with van der Waals surface area (Å²) in [5, 5.41) is 0. The second-order valence-electron chi connectivity index (χ2n) is 2.76. The number of hydrogen-bond acceptors (Lipinski definition) is 1. The van der Waals surface area contributed by atoms with Crippen molar-refractivity contribution in [1.29, 1.82) is 0 Å². The van der Waals surface area contributed by atoms with Crippen LogP contribution in [-0.2, 0) is 0 Å². The minimum Gasteiger partial charge on any atom is -0.269 e. The molecule has 0 rings (SSSR count). The van der Waals surface area contributed by atoms with Gasteiger partial charge in [-0.2, -0.15) is 0 Å². The van der Waals surface area contributed by atoms with Gasteiger partial charge < -0.3 is 0 Å². The molecule has 0 N–H and O–H groups in total. The molecule has 0 aliphatic rings. The van der Waals surface area contributed by atoms with E-state index in [0.29, 0.717) is 0 Å². The molecule has 0 aliphatic carbocycles. The van der Waals surface area contributed by atoms with Gasteiger partial charge in [0, 0.05) is 5.57 Å². The quantitative estimate of drug-likeness (QED) is 0.458. The van der Waals surface area contributed by atoms with Crippen molar-refractivity contribution in [2.24, 2.45) is 10.9 Å². The van der Waals surface area contributed by atoms with Crippen LogP contribution in [0.25, 0.3) is 0 Å². The third-order valence-corrected chi connectivity index (χ3v) is 1.41. The minimum absolute atomic E-state index is 0.0578. The number of allylic oxidation sites excluding steroid dienone is 3. The summed E-state index contributed by atoms with van der Waals surface area (Å²) in [4.78, 5) is 3.23. The number of aliphatic imine (C=N–C) groups is 1. The summed E-state index contributed by atoms with van der Waals surface area (Å²) in [7, 11) is 0. The molecule has 0 heterocycles. The van der Waals surface area contributed by atoms with Crippen LogP contribution < -0.4 is 0 Å². The lowest BCUT2D eigenvalue weighted by Gasteiger charge is -2.08. The molecule has 0 atom stereocenters. The Morgan fingerprint density at radius 2 is 1.92 bits per heavy atom. The molecule has 0 bridgehead atoms. The maximum atomic E-state index is 13.0. The summed E-state index contributed by atoms with van der Waals surface area (Å²) in [5.41, 5.74) is 0.0578. The standard InChI is InChI=1S/C9H13F2N/c1-6(2)9(7(3)10)8(11)5-12-4/h5-6H,4H2,1-3H3/b8-5+,9-7+. The summed E-state index contributed by atoms with van der Waals surface area (Å²) < 4.78 is 25.7. The Balaban J connectivity index is 4.90. The molecule has 0 spiro atoms. The third kappa shape index (κ3) is 2.95. The van der Waals surface area contributed by atoms with Gasteiger partial charge in [0.2, 0.25) is 0 Å². The van der Waals surface area contributed by atoms with Crippen molar-refractivity contribution >= 4 is 6.72 Å². The van der Waals surface area contributed by atoms with Crippen LogP contribution in [0.4, 0.5) is 8.78 Å². The lowest BCUT2D eigenvalue weighted by Crippen LogP contribution is -1.96. The molecule has 0 saturated carbocycles. The maximum Gasteiger partial charge on any atom is 0.147 e. The van der Waals surface area contributed by atoms with Gasteiger partial charge >= 0.3 is 0 Å². The summed E-state index contributed by atoms with van der Waals surface area (Å²) in [6, 6.07) is 0. The van der Waals surface area contributed by atoms with Gasteiger partial charge in [0.15, 0.2) is 0 Å². The average molecular weight is 173 g/mol. The van der Waals surface area contributed by atoms with Crippen LogP contribution in [0.15, 0.2) is 28.4 Å². The Labute approximate surface area is 71.5 Å². The normalized spacial score (nSPS) is 14.7. The van der Waals surface area contributed by atoms with Crippen LogP contribution in [0, 0.1) is 5.92 Å². The highest BCUT2D eigenvalue weighted by atomic mass is 19.1. The van der Waals surface area contributed by atoms with Gasteiger partial charge in [-0.25, -0.2) is 8.78 Å². The van der Waals surface area contributed by atoms with E-state index in [1.165, 1.54) is 6.92 Å². The molecule has 0 aromatic rings. The lowest BCUT2D eigenvalue weighted by molar-refractivity contribution is 0.551. The predicted octanol–water partition coefficient (Wildman–Crippen LogP) is 3.40. The molecule has 0 fully saturated rings. The number of hydrogen-bond donors (Lipinski definition) is 0. The Hall–Kier alpha value is -0.990. The Kier molecular flexibility index (Phi) is 4.40. The summed E-state index contributed by atoms with van der Waals surface area (Å²) in [6.07, 6.45) is 0.915. The fourth-order valence-electron chi connectivity index (χ4n) is 0.988. The number of nitrogens with zero attached hydrogens (tertiary/aromatic N) is 1. The smallest absolute Gasteiger partial charge is 0.147 e. The first-order valence-corrected chi connectivity index (χ1v) is 3.68. The molecule has 12 heavy (non-hydrogen) atoms. The van der Waals surface area contributed by atoms with E-state index in [1.807, 2.05) is 0 Å². The summed E-state index contributed by atoms with van der Waals surface area (Å²) >= 11 is 0. The highest BCUT2D eigenvalue weighted by Gasteiger charge is 2.12. The first kappa shape index (κ1) is 11.0. The predicted molar refractivity (Wildman–Crippen MR) is 47.4 cm³/mol. The fourth-order valence-corrected chi connectivity index (χ4v) is 0.988. The molecule has 0 aromatic heterocycles. The second kappa shape index (κ2) is 4.80. The van der Waals surface area contributed by atoms with Crippen LogP contribution in [0.5, 0.6) is 0 Å². The average Bonchev–Trinajstić information content (AvgIpc) is 1.85. The van der Waals surface area contributed by atoms with Gasteiger partial charge in [-0.1, -0.05) is 13.8 Å². The first-order chi connectivity index (χ1) is 5.50. The van der Waals surface area contributed by atoms with Crippen LogP contribution in [-0.4, -0.2) is 6.72 Å². The molecule has 0 aliphatic heterocycles. The van der Waals surface area contributed by atoms with E-state index in [2.05, 4.69) is 11.7 Å². The highest BCUT2D eigenvalue weighted by Crippen LogP contribution is 2.24. The Morgan fingerprint density at radius 3 is 2.17 bits per heavy atom. The molecule has 0 aromatic carbocycles. The fraction of sp³-hybridized carbons (Fsp3) is 0.444. The first-order valence-electron chi connectivity index (χ1n) is 3.68. The van der Waals surface area contributed by atoms with Crippen molar-refractivity contribution in [1.82, 2.24) is 0 Å². The zero-order chi connectivity index (χ0) is 9.72. The topological polar surface area (TPSA) is 12.4 Å². The summed E-state index contributed by atoms with van der Waals surface area (Å²) in [5.74, 6) is -1.35. The van der Waals surface area contributed by atoms with Crippen molar-refractivity contribution in [2.45, 2.75) is 20.8 Å². The minimum atomic E-state index is -0.653. The second-order valence-corrected chi connectivity index (χ2v) is 2.76. The summed E-state index contributed by atoms with van der Waals surface area (Å²) in [6.45, 7) is 7.75. The molecule has 68 valence electrons. The molecule has 0 amide bonds.